The number of hydrogen-bond acceptors (Lipinski definition) is 3. The molecule has 1 aromatic rings. The molecule has 0 bridgehead atoms. The summed E-state index contributed by atoms with van der Waals surface area (Å²) in [4.78, 5) is 38.0. The monoisotopic (exact) mass is 302 g/mol. The Morgan fingerprint density at radius 2 is 1.86 bits per heavy atom. The topological polar surface area (TPSA) is 66.5 Å². The molecular formula is C17H22N2O3. The number of nitrogens with one attached hydrogen (secondary N) is 1. The summed E-state index contributed by atoms with van der Waals surface area (Å²) >= 11 is 0. The second kappa shape index (κ2) is 6.73. The molecule has 0 aromatic heterocycles. The highest BCUT2D eigenvalue weighted by Crippen LogP contribution is 2.24. The minimum absolute atomic E-state index is 0.0686. The first-order valence-corrected chi connectivity index (χ1v) is 7.80. The van der Waals surface area contributed by atoms with Crippen molar-refractivity contribution < 1.29 is 14.4 Å². The molecule has 0 spiro atoms. The Morgan fingerprint density at radius 3 is 2.50 bits per heavy atom. The van der Waals surface area contributed by atoms with Crippen LogP contribution in [0.2, 0.25) is 0 Å². The molecule has 5 nitrogen and oxygen atoms in total. The second-order valence-corrected chi connectivity index (χ2v) is 5.66. The normalized spacial score (nSPS) is 15.0. The fourth-order valence-electron chi connectivity index (χ4n) is 2.36. The Morgan fingerprint density at radius 1 is 1.18 bits per heavy atom. The number of unbranched alkanes of at least 4 members (excludes halogenated alkanes) is 1. The number of benzene rings is 1. The number of fused-ring (bicyclic) bond motifs is 1. The maximum absolute atomic E-state index is 12.3. The van der Waals surface area contributed by atoms with Crippen LogP contribution in [0.3, 0.4) is 0 Å². The van der Waals surface area contributed by atoms with Crippen molar-refractivity contribution in [3.05, 3.63) is 34.9 Å². The molecule has 1 aliphatic rings. The van der Waals surface area contributed by atoms with Gasteiger partial charge in [0.1, 0.15) is 0 Å². The van der Waals surface area contributed by atoms with Crippen LogP contribution in [0.25, 0.3) is 0 Å². The van der Waals surface area contributed by atoms with Crippen molar-refractivity contribution in [2.45, 2.75) is 46.1 Å². The smallest absolute Gasteiger partial charge is 0.261 e. The Labute approximate surface area is 130 Å². The van der Waals surface area contributed by atoms with E-state index in [4.69, 9.17) is 0 Å². The molecule has 5 heteroatoms. The van der Waals surface area contributed by atoms with Gasteiger partial charge in [-0.25, -0.2) is 0 Å². The van der Waals surface area contributed by atoms with E-state index in [9.17, 15) is 14.4 Å². The summed E-state index contributed by atoms with van der Waals surface area (Å²) < 4.78 is 0. The van der Waals surface area contributed by atoms with Gasteiger partial charge in [0.25, 0.3) is 17.7 Å². The predicted molar refractivity (Wildman–Crippen MR) is 83.9 cm³/mol. The maximum atomic E-state index is 12.3. The average Bonchev–Trinajstić information content (AvgIpc) is 2.76. The molecule has 1 aromatic carbocycles. The van der Waals surface area contributed by atoms with Gasteiger partial charge in [0, 0.05) is 18.2 Å². The van der Waals surface area contributed by atoms with Crippen molar-refractivity contribution in [1.82, 2.24) is 10.2 Å². The van der Waals surface area contributed by atoms with E-state index < -0.39 is 0 Å². The van der Waals surface area contributed by atoms with Crippen LogP contribution in [0.15, 0.2) is 18.2 Å². The van der Waals surface area contributed by atoms with Crippen molar-refractivity contribution in [1.29, 1.82) is 0 Å². The average molecular weight is 302 g/mol. The lowest BCUT2D eigenvalue weighted by Crippen LogP contribution is -2.32. The second-order valence-electron chi connectivity index (χ2n) is 5.66. The first-order chi connectivity index (χ1) is 10.5. The van der Waals surface area contributed by atoms with E-state index in [1.807, 2.05) is 20.8 Å². The molecule has 0 unspecified atom stereocenters. The lowest BCUT2D eigenvalue weighted by molar-refractivity contribution is 0.0652. The Kier molecular flexibility index (Phi) is 4.96. The molecular weight excluding hydrogens is 280 g/mol. The van der Waals surface area contributed by atoms with Gasteiger partial charge in [0.05, 0.1) is 11.1 Å². The Bertz CT molecular complexity index is 610. The summed E-state index contributed by atoms with van der Waals surface area (Å²) in [5.41, 5.74) is 1.14. The summed E-state index contributed by atoms with van der Waals surface area (Å²) in [6.45, 7) is 6.35. The van der Waals surface area contributed by atoms with E-state index in [0.29, 0.717) is 23.2 Å². The van der Waals surface area contributed by atoms with E-state index in [-0.39, 0.29) is 23.8 Å². The molecule has 0 fully saturated rings. The van der Waals surface area contributed by atoms with Crippen LogP contribution in [0.4, 0.5) is 0 Å². The number of imide groups is 1. The number of rotatable bonds is 6. The van der Waals surface area contributed by atoms with Gasteiger partial charge in [0.15, 0.2) is 0 Å². The molecule has 22 heavy (non-hydrogen) atoms. The zero-order valence-corrected chi connectivity index (χ0v) is 13.3. The number of carbonyl (C=O) groups excluding carboxylic acids is 3. The van der Waals surface area contributed by atoms with E-state index in [1.165, 1.54) is 11.0 Å². The van der Waals surface area contributed by atoms with Crippen LogP contribution < -0.4 is 5.32 Å². The van der Waals surface area contributed by atoms with Crippen LogP contribution in [0.5, 0.6) is 0 Å². The zero-order valence-electron chi connectivity index (χ0n) is 13.3. The van der Waals surface area contributed by atoms with Crippen molar-refractivity contribution in [2.75, 3.05) is 6.54 Å². The molecule has 0 saturated heterocycles. The van der Waals surface area contributed by atoms with Crippen molar-refractivity contribution in [3.63, 3.8) is 0 Å². The van der Waals surface area contributed by atoms with Crippen LogP contribution in [0, 0.1) is 0 Å². The molecule has 2 rings (SSSR count). The van der Waals surface area contributed by atoms with Crippen LogP contribution >= 0.6 is 0 Å². The lowest BCUT2D eigenvalue weighted by atomic mass is 10.0. The van der Waals surface area contributed by atoms with E-state index in [2.05, 4.69) is 5.32 Å². The van der Waals surface area contributed by atoms with Crippen molar-refractivity contribution >= 4 is 17.7 Å². The van der Waals surface area contributed by atoms with Crippen LogP contribution in [-0.4, -0.2) is 35.2 Å². The van der Waals surface area contributed by atoms with E-state index in [0.717, 1.165) is 19.3 Å². The lowest BCUT2D eigenvalue weighted by Gasteiger charge is -2.12. The van der Waals surface area contributed by atoms with Gasteiger partial charge in [-0.05, 0) is 38.0 Å². The number of nitrogens with zero attached hydrogens (tertiary/aromatic N) is 1. The van der Waals surface area contributed by atoms with Gasteiger partial charge < -0.3 is 5.32 Å². The van der Waals surface area contributed by atoms with Gasteiger partial charge in [-0.15, -0.1) is 0 Å². The molecule has 118 valence electrons. The Balaban J connectivity index is 2.23. The molecule has 0 radical (unpaired) electrons. The Hall–Kier alpha value is -2.17. The third-order valence-corrected chi connectivity index (χ3v) is 3.96. The number of hydrogen-bond donors (Lipinski definition) is 1. The fourth-order valence-corrected chi connectivity index (χ4v) is 2.36. The maximum Gasteiger partial charge on any atom is 0.261 e. The summed E-state index contributed by atoms with van der Waals surface area (Å²) in [6, 6.07) is 4.77. The van der Waals surface area contributed by atoms with Crippen molar-refractivity contribution in [3.8, 4) is 0 Å². The number of amides is 3. The first-order valence-electron chi connectivity index (χ1n) is 7.80. The minimum atomic E-state index is -0.299. The molecule has 1 aliphatic heterocycles. The predicted octanol–water partition coefficient (Wildman–Crippen LogP) is 2.61. The van der Waals surface area contributed by atoms with Gasteiger partial charge >= 0.3 is 0 Å². The molecule has 1 heterocycles. The highest BCUT2D eigenvalue weighted by Gasteiger charge is 2.35. The zero-order chi connectivity index (χ0) is 16.3. The standard InChI is InChI=1S/C17H22N2O3/c1-4-6-9-19-16(21)13-8-7-12(10-14(13)17(19)22)15(20)18-11(3)5-2/h7-8,10-11H,4-6,9H2,1-3H3,(H,18,20)/t11-/m0/s1. The minimum Gasteiger partial charge on any atom is -0.350 e. The van der Waals surface area contributed by atoms with Gasteiger partial charge in [-0.1, -0.05) is 20.3 Å². The van der Waals surface area contributed by atoms with Gasteiger partial charge in [-0.2, -0.15) is 0 Å². The molecule has 1 atom stereocenters. The summed E-state index contributed by atoms with van der Waals surface area (Å²) in [5.74, 6) is -0.779. The third kappa shape index (κ3) is 3.03. The van der Waals surface area contributed by atoms with Gasteiger partial charge in [-0.3, -0.25) is 19.3 Å². The SMILES string of the molecule is CCCCN1C(=O)c2ccc(C(=O)N[C@@H](C)CC)cc2C1=O. The number of carbonyl (C=O) groups is 3. The highest BCUT2D eigenvalue weighted by atomic mass is 16.2. The fraction of sp³-hybridized carbons (Fsp3) is 0.471. The molecule has 3 amide bonds. The van der Waals surface area contributed by atoms with E-state index >= 15 is 0 Å². The highest BCUT2D eigenvalue weighted by molar-refractivity contribution is 6.22. The van der Waals surface area contributed by atoms with Crippen LogP contribution in [0.1, 0.15) is 71.1 Å². The first kappa shape index (κ1) is 16.2. The largest absolute Gasteiger partial charge is 0.350 e. The molecule has 1 N–H and O–H groups in total. The molecule has 0 saturated carbocycles. The quantitative estimate of drug-likeness (QED) is 0.821. The van der Waals surface area contributed by atoms with Gasteiger partial charge in [0.2, 0.25) is 0 Å². The van der Waals surface area contributed by atoms with E-state index in [1.54, 1.807) is 12.1 Å². The van der Waals surface area contributed by atoms with Crippen molar-refractivity contribution in [2.24, 2.45) is 0 Å². The third-order valence-electron chi connectivity index (χ3n) is 3.96. The summed E-state index contributed by atoms with van der Waals surface area (Å²) in [7, 11) is 0. The molecule has 0 aliphatic carbocycles. The summed E-state index contributed by atoms with van der Waals surface area (Å²) in [5, 5.41) is 2.86. The summed E-state index contributed by atoms with van der Waals surface area (Å²) in [6.07, 6.45) is 2.53. The van der Waals surface area contributed by atoms with Crippen LogP contribution in [-0.2, 0) is 0 Å².